The third-order valence-corrected chi connectivity index (χ3v) is 5.96. The number of aliphatic imine (C=N–C) groups is 1. The van der Waals surface area contributed by atoms with Gasteiger partial charge in [0.2, 0.25) is 0 Å². The summed E-state index contributed by atoms with van der Waals surface area (Å²) in [5.74, 6) is 2.73. The smallest absolute Gasteiger partial charge is 0.157 e. The molecule has 3 aromatic carbocycles. The summed E-state index contributed by atoms with van der Waals surface area (Å²) < 4.78 is 12.9. The average Bonchev–Trinajstić information content (AvgIpc) is 3.31. The lowest BCUT2D eigenvalue weighted by atomic mass is 10.0. The number of ether oxygens (including phenoxy) is 2. The molecule has 0 saturated heterocycles. The van der Waals surface area contributed by atoms with Crippen LogP contribution in [0.25, 0.3) is 11.0 Å². The zero-order valence-electron chi connectivity index (χ0n) is 20.5. The number of fused-ring (bicyclic) bond motifs is 1. The van der Waals surface area contributed by atoms with Crippen LogP contribution in [0.4, 0.5) is 11.6 Å². The third-order valence-electron chi connectivity index (χ3n) is 5.96. The second-order valence-electron chi connectivity index (χ2n) is 8.28. The number of hydrogen-bond acceptors (Lipinski definition) is 6. The van der Waals surface area contributed by atoms with Gasteiger partial charge in [-0.2, -0.15) is 0 Å². The molecule has 5 aromatic rings. The minimum Gasteiger partial charge on any atom is -0.497 e. The zero-order chi connectivity index (χ0) is 24.9. The molecule has 7 nitrogen and oxygen atoms in total. The first-order valence-corrected chi connectivity index (χ1v) is 11.6. The molecular weight excluding hydrogens is 450 g/mol. The Kier molecular flexibility index (Phi) is 6.62. The number of anilines is 1. The monoisotopic (exact) mass is 477 g/mol. The highest BCUT2D eigenvalue weighted by Crippen LogP contribution is 2.29. The molecule has 0 aliphatic heterocycles. The summed E-state index contributed by atoms with van der Waals surface area (Å²) in [5, 5.41) is 3.45. The van der Waals surface area contributed by atoms with E-state index < -0.39 is 0 Å². The number of rotatable bonds is 8. The molecule has 2 heterocycles. The molecular formula is C29H27N5O2. The molecule has 0 fully saturated rings. The summed E-state index contributed by atoms with van der Waals surface area (Å²) >= 11 is 0. The van der Waals surface area contributed by atoms with Crippen molar-refractivity contribution < 1.29 is 9.47 Å². The van der Waals surface area contributed by atoms with Crippen molar-refractivity contribution >= 4 is 28.4 Å². The van der Waals surface area contributed by atoms with Gasteiger partial charge in [-0.3, -0.25) is 0 Å². The summed E-state index contributed by atoms with van der Waals surface area (Å²) in [7, 11) is 5.26. The lowest BCUT2D eigenvalue weighted by molar-refractivity contribution is 0.391. The predicted octanol–water partition coefficient (Wildman–Crippen LogP) is 5.77. The summed E-state index contributed by atoms with van der Waals surface area (Å²) in [6.07, 6.45) is 1.79. The molecule has 0 spiro atoms. The Morgan fingerprint density at radius 3 is 2.22 bits per heavy atom. The van der Waals surface area contributed by atoms with Crippen LogP contribution < -0.4 is 14.8 Å². The quantitative estimate of drug-likeness (QED) is 0.287. The Hall–Kier alpha value is -4.65. The molecule has 0 unspecified atom stereocenters. The van der Waals surface area contributed by atoms with Gasteiger partial charge < -0.3 is 19.4 Å². The van der Waals surface area contributed by atoms with Gasteiger partial charge in [0.15, 0.2) is 11.6 Å². The van der Waals surface area contributed by atoms with Crippen molar-refractivity contribution in [3.8, 4) is 11.5 Å². The number of aryl methyl sites for hydroxylation is 1. The molecule has 7 heteroatoms. The number of methoxy groups -OCH3 is 2. The van der Waals surface area contributed by atoms with Gasteiger partial charge in [-0.25, -0.2) is 15.0 Å². The number of aromatic nitrogens is 3. The van der Waals surface area contributed by atoms with E-state index in [1.54, 1.807) is 20.5 Å². The van der Waals surface area contributed by atoms with Crippen molar-refractivity contribution in [3.63, 3.8) is 0 Å². The molecule has 180 valence electrons. The number of nitrogens with one attached hydrogen (secondary N) is 1. The normalized spacial score (nSPS) is 10.8. The van der Waals surface area contributed by atoms with Crippen LogP contribution in [0, 0.1) is 0 Å². The Morgan fingerprint density at radius 2 is 1.58 bits per heavy atom. The van der Waals surface area contributed by atoms with Crippen LogP contribution in [-0.4, -0.2) is 34.5 Å². The minimum atomic E-state index is 0.503. The fraction of sp³-hybridized carbons (Fsp3) is 0.138. The second kappa shape index (κ2) is 10.3. The van der Waals surface area contributed by atoms with Gasteiger partial charge in [0.05, 0.1) is 31.8 Å². The molecule has 0 atom stereocenters. The van der Waals surface area contributed by atoms with E-state index in [4.69, 9.17) is 19.5 Å². The van der Waals surface area contributed by atoms with Crippen molar-refractivity contribution in [2.45, 2.75) is 6.54 Å². The highest BCUT2D eigenvalue weighted by atomic mass is 16.5. The van der Waals surface area contributed by atoms with Crippen LogP contribution in [0.2, 0.25) is 0 Å². The van der Waals surface area contributed by atoms with Crippen LogP contribution in [0.5, 0.6) is 11.5 Å². The van der Waals surface area contributed by atoms with E-state index in [-0.39, 0.29) is 0 Å². The molecule has 0 aliphatic carbocycles. The highest BCUT2D eigenvalue weighted by Gasteiger charge is 2.14. The van der Waals surface area contributed by atoms with Gasteiger partial charge in [0.25, 0.3) is 0 Å². The molecule has 2 aromatic heterocycles. The molecule has 1 N–H and O–H groups in total. The highest BCUT2D eigenvalue weighted by molar-refractivity contribution is 6.14. The van der Waals surface area contributed by atoms with E-state index in [2.05, 4.69) is 34.6 Å². The van der Waals surface area contributed by atoms with Crippen molar-refractivity contribution in [3.05, 3.63) is 108 Å². The molecule has 5 rings (SSSR count). The number of nitrogens with zero attached hydrogens (tertiary/aromatic N) is 4. The topological polar surface area (TPSA) is 73.6 Å². The van der Waals surface area contributed by atoms with Gasteiger partial charge in [-0.05, 0) is 12.1 Å². The third kappa shape index (κ3) is 4.77. The van der Waals surface area contributed by atoms with Crippen LogP contribution in [-0.2, 0) is 13.6 Å². The largest absolute Gasteiger partial charge is 0.497 e. The molecule has 0 radical (unpaired) electrons. The van der Waals surface area contributed by atoms with Gasteiger partial charge >= 0.3 is 0 Å². The summed E-state index contributed by atoms with van der Waals surface area (Å²) in [6.45, 7) is 0.503. The number of imidazole rings is 1. The lowest BCUT2D eigenvalue weighted by Gasteiger charge is -2.13. The Labute approximate surface area is 210 Å². The molecule has 0 saturated carbocycles. The maximum atomic E-state index is 5.56. The average molecular weight is 478 g/mol. The van der Waals surface area contributed by atoms with Gasteiger partial charge in [0, 0.05) is 42.4 Å². The molecule has 36 heavy (non-hydrogen) atoms. The minimum absolute atomic E-state index is 0.503. The van der Waals surface area contributed by atoms with Crippen LogP contribution >= 0.6 is 0 Å². The number of hydrogen-bond donors (Lipinski definition) is 1. The fourth-order valence-electron chi connectivity index (χ4n) is 4.07. The Balaban J connectivity index is 1.57. The summed E-state index contributed by atoms with van der Waals surface area (Å²) in [6, 6.07) is 28.0. The zero-order valence-corrected chi connectivity index (χ0v) is 20.5. The first-order chi connectivity index (χ1) is 17.7. The molecule has 0 aliphatic rings. The standard InChI is InChI=1S/C29H27N5O2/c1-34-19-31-28-24(34)17-26(32-27(20-10-6-4-7-11-20)21-12-8-5-9-13-21)33-29(28)30-18-22-14-15-23(35-2)16-25(22)36-3/h4-17,19H,18H2,1-3H3,(H,30,33). The van der Waals surface area contributed by atoms with Crippen molar-refractivity contribution in [1.82, 2.24) is 14.5 Å². The molecule has 0 amide bonds. The Bertz CT molecular complexity index is 1470. The number of benzene rings is 3. The lowest BCUT2D eigenvalue weighted by Crippen LogP contribution is -2.06. The van der Waals surface area contributed by atoms with Crippen LogP contribution in [0.1, 0.15) is 16.7 Å². The van der Waals surface area contributed by atoms with E-state index in [0.29, 0.717) is 18.2 Å². The van der Waals surface area contributed by atoms with E-state index in [9.17, 15) is 0 Å². The van der Waals surface area contributed by atoms with Crippen molar-refractivity contribution in [2.75, 3.05) is 19.5 Å². The van der Waals surface area contributed by atoms with Gasteiger partial charge in [-0.15, -0.1) is 0 Å². The first-order valence-electron chi connectivity index (χ1n) is 11.6. The van der Waals surface area contributed by atoms with Crippen LogP contribution in [0.15, 0.2) is 96.2 Å². The summed E-state index contributed by atoms with van der Waals surface area (Å²) in [5.41, 5.74) is 5.60. The first kappa shape index (κ1) is 23.1. The van der Waals surface area contributed by atoms with Crippen molar-refractivity contribution in [2.24, 2.45) is 12.0 Å². The van der Waals surface area contributed by atoms with E-state index >= 15 is 0 Å². The second-order valence-corrected chi connectivity index (χ2v) is 8.28. The Morgan fingerprint density at radius 1 is 0.889 bits per heavy atom. The van der Waals surface area contributed by atoms with Crippen LogP contribution in [0.3, 0.4) is 0 Å². The van der Waals surface area contributed by atoms with E-state index in [1.807, 2.05) is 72.3 Å². The predicted molar refractivity (Wildman–Crippen MR) is 144 cm³/mol. The van der Waals surface area contributed by atoms with Gasteiger partial charge in [-0.1, -0.05) is 60.7 Å². The summed E-state index contributed by atoms with van der Waals surface area (Å²) in [4.78, 5) is 14.5. The van der Waals surface area contributed by atoms with E-state index in [1.165, 1.54) is 0 Å². The maximum Gasteiger partial charge on any atom is 0.157 e. The fourth-order valence-corrected chi connectivity index (χ4v) is 4.07. The van der Waals surface area contributed by atoms with Gasteiger partial charge in [0.1, 0.15) is 17.0 Å². The molecule has 0 bridgehead atoms. The number of pyridine rings is 1. The van der Waals surface area contributed by atoms with Crippen molar-refractivity contribution in [1.29, 1.82) is 0 Å². The van der Waals surface area contributed by atoms with E-state index in [0.717, 1.165) is 44.9 Å². The maximum absolute atomic E-state index is 5.56. The SMILES string of the molecule is COc1ccc(CNc2nc(N=C(c3ccccc3)c3ccccc3)cc3c2ncn3C)c(OC)c1.